The fraction of sp³-hybridized carbons (Fsp3) is 0.667. The number of benzene rings is 1. The number of nitrogens with one attached hydrogen (secondary N) is 2. The topological polar surface area (TPSA) is 48.9 Å². The smallest absolute Gasteiger partial charge is 0.191 e. The van der Waals surface area contributed by atoms with Crippen molar-refractivity contribution in [2.24, 2.45) is 4.99 Å². The molecule has 3 rings (SSSR count). The van der Waals surface area contributed by atoms with Gasteiger partial charge in [0.15, 0.2) is 5.96 Å². The molecule has 1 aromatic rings. The van der Waals surface area contributed by atoms with E-state index in [1.807, 2.05) is 6.07 Å². The number of halogens is 1. The molecule has 6 heteroatoms. The summed E-state index contributed by atoms with van der Waals surface area (Å²) in [6, 6.07) is 6.99. The molecule has 1 aliphatic carbocycles. The molecule has 1 aromatic carbocycles. The molecule has 1 heterocycles. The predicted octanol–water partition coefficient (Wildman–Crippen LogP) is 2.52. The van der Waals surface area contributed by atoms with Gasteiger partial charge < -0.3 is 15.4 Å². The SMILES string of the molecule is CCNC(=NCC1(c2cccc(F)c2)CC1)NCCCCN1CCOCC1. The highest BCUT2D eigenvalue weighted by Crippen LogP contribution is 2.48. The quantitative estimate of drug-likeness (QED) is 0.395. The van der Waals surface area contributed by atoms with Crippen LogP contribution in [0.1, 0.15) is 38.2 Å². The van der Waals surface area contributed by atoms with Gasteiger partial charge in [-0.25, -0.2) is 4.39 Å². The van der Waals surface area contributed by atoms with Crippen molar-refractivity contribution in [3.8, 4) is 0 Å². The van der Waals surface area contributed by atoms with E-state index in [9.17, 15) is 4.39 Å². The highest BCUT2D eigenvalue weighted by molar-refractivity contribution is 5.79. The molecule has 1 aliphatic heterocycles. The van der Waals surface area contributed by atoms with Crippen molar-refractivity contribution >= 4 is 5.96 Å². The summed E-state index contributed by atoms with van der Waals surface area (Å²) < 4.78 is 18.9. The summed E-state index contributed by atoms with van der Waals surface area (Å²) >= 11 is 0. The van der Waals surface area contributed by atoms with E-state index in [0.29, 0.717) is 6.54 Å². The third-order valence-corrected chi connectivity index (χ3v) is 5.47. The van der Waals surface area contributed by atoms with Crippen LogP contribution in [0.4, 0.5) is 4.39 Å². The molecule has 0 aromatic heterocycles. The Labute approximate surface area is 162 Å². The number of unbranched alkanes of at least 4 members (excludes halogenated alkanes) is 1. The molecule has 0 spiro atoms. The Morgan fingerprint density at radius 1 is 1.22 bits per heavy atom. The Balaban J connectivity index is 1.42. The summed E-state index contributed by atoms with van der Waals surface area (Å²) in [5.74, 6) is 0.708. The van der Waals surface area contributed by atoms with E-state index >= 15 is 0 Å². The van der Waals surface area contributed by atoms with Gasteiger partial charge in [0.1, 0.15) is 5.82 Å². The lowest BCUT2D eigenvalue weighted by molar-refractivity contribution is 0.0372. The van der Waals surface area contributed by atoms with E-state index in [1.165, 1.54) is 12.5 Å². The van der Waals surface area contributed by atoms with Crippen LogP contribution in [0.5, 0.6) is 0 Å². The van der Waals surface area contributed by atoms with Crippen molar-refractivity contribution < 1.29 is 9.13 Å². The Hall–Kier alpha value is -1.66. The third-order valence-electron chi connectivity index (χ3n) is 5.47. The van der Waals surface area contributed by atoms with Crippen LogP contribution in [0.3, 0.4) is 0 Å². The van der Waals surface area contributed by atoms with Gasteiger partial charge in [-0.05, 0) is 56.8 Å². The number of morpholine rings is 1. The lowest BCUT2D eigenvalue weighted by Gasteiger charge is -2.26. The number of nitrogens with zero attached hydrogens (tertiary/aromatic N) is 2. The molecule has 0 amide bonds. The lowest BCUT2D eigenvalue weighted by Crippen LogP contribution is -2.39. The molecule has 1 saturated heterocycles. The Kier molecular flexibility index (Phi) is 7.47. The van der Waals surface area contributed by atoms with Gasteiger partial charge in [0.2, 0.25) is 0 Å². The average molecular weight is 377 g/mol. The van der Waals surface area contributed by atoms with E-state index in [-0.39, 0.29) is 11.2 Å². The number of guanidine groups is 1. The summed E-state index contributed by atoms with van der Waals surface area (Å²) in [4.78, 5) is 7.26. The van der Waals surface area contributed by atoms with Crippen molar-refractivity contribution in [3.63, 3.8) is 0 Å². The number of hydrogen-bond acceptors (Lipinski definition) is 3. The van der Waals surface area contributed by atoms with Gasteiger partial charge >= 0.3 is 0 Å². The number of aliphatic imine (C=N–C) groups is 1. The zero-order valence-electron chi connectivity index (χ0n) is 16.5. The van der Waals surface area contributed by atoms with Crippen LogP contribution in [0.15, 0.2) is 29.3 Å². The van der Waals surface area contributed by atoms with Gasteiger partial charge in [-0.3, -0.25) is 9.89 Å². The van der Waals surface area contributed by atoms with Crippen molar-refractivity contribution in [2.45, 2.75) is 38.0 Å². The molecule has 2 fully saturated rings. The first-order valence-electron chi connectivity index (χ1n) is 10.3. The largest absolute Gasteiger partial charge is 0.379 e. The first-order valence-corrected chi connectivity index (χ1v) is 10.3. The maximum atomic E-state index is 13.5. The van der Waals surface area contributed by atoms with Gasteiger partial charge in [0.25, 0.3) is 0 Å². The van der Waals surface area contributed by atoms with E-state index in [4.69, 9.17) is 9.73 Å². The molecule has 0 unspecified atom stereocenters. The molecule has 2 aliphatic rings. The van der Waals surface area contributed by atoms with Gasteiger partial charge in [0.05, 0.1) is 19.8 Å². The number of hydrogen-bond donors (Lipinski definition) is 2. The van der Waals surface area contributed by atoms with Gasteiger partial charge in [-0.15, -0.1) is 0 Å². The number of ether oxygens (including phenoxy) is 1. The fourth-order valence-electron chi connectivity index (χ4n) is 3.57. The minimum atomic E-state index is -0.159. The lowest BCUT2D eigenvalue weighted by atomic mass is 9.96. The zero-order chi connectivity index (χ0) is 19.0. The highest BCUT2D eigenvalue weighted by atomic mass is 19.1. The maximum Gasteiger partial charge on any atom is 0.191 e. The summed E-state index contributed by atoms with van der Waals surface area (Å²) in [5, 5.41) is 6.77. The van der Waals surface area contributed by atoms with Gasteiger partial charge in [-0.1, -0.05) is 12.1 Å². The molecule has 150 valence electrons. The van der Waals surface area contributed by atoms with Crippen LogP contribution >= 0.6 is 0 Å². The third kappa shape index (κ3) is 6.18. The first kappa shape index (κ1) is 20.1. The second kappa shape index (κ2) is 10.0. The van der Waals surface area contributed by atoms with Crippen molar-refractivity contribution in [3.05, 3.63) is 35.6 Å². The molecule has 5 nitrogen and oxygen atoms in total. The van der Waals surface area contributed by atoms with E-state index in [2.05, 4.69) is 22.5 Å². The molecular formula is C21H33FN4O. The zero-order valence-corrected chi connectivity index (χ0v) is 16.5. The minimum Gasteiger partial charge on any atom is -0.379 e. The molecule has 0 radical (unpaired) electrons. The highest BCUT2D eigenvalue weighted by Gasteiger charge is 2.44. The van der Waals surface area contributed by atoms with Crippen LogP contribution in [0, 0.1) is 5.82 Å². The second-order valence-corrected chi connectivity index (χ2v) is 7.57. The average Bonchev–Trinajstić information content (AvgIpc) is 3.48. The summed E-state index contributed by atoms with van der Waals surface area (Å²) in [7, 11) is 0. The van der Waals surface area contributed by atoms with Crippen molar-refractivity contribution in [2.75, 3.05) is 52.5 Å². The van der Waals surface area contributed by atoms with Crippen molar-refractivity contribution in [1.82, 2.24) is 15.5 Å². The van der Waals surface area contributed by atoms with Crippen LogP contribution in [0.2, 0.25) is 0 Å². The normalized spacial score (nSPS) is 19.7. The van der Waals surface area contributed by atoms with E-state index in [1.54, 1.807) is 12.1 Å². The molecular weight excluding hydrogens is 343 g/mol. The minimum absolute atomic E-state index is 0.0286. The van der Waals surface area contributed by atoms with E-state index in [0.717, 1.165) is 76.7 Å². The van der Waals surface area contributed by atoms with Crippen LogP contribution in [-0.4, -0.2) is 63.3 Å². The fourth-order valence-corrected chi connectivity index (χ4v) is 3.57. The van der Waals surface area contributed by atoms with Gasteiger partial charge in [0, 0.05) is 31.6 Å². The van der Waals surface area contributed by atoms with Gasteiger partial charge in [-0.2, -0.15) is 0 Å². The molecule has 1 saturated carbocycles. The standard InChI is InChI=1S/C21H33FN4O/c1-2-23-20(24-10-3-4-11-26-12-14-27-15-13-26)25-17-21(8-9-21)18-6-5-7-19(22)16-18/h5-7,16H,2-4,8-15,17H2,1H3,(H2,23,24,25). The summed E-state index contributed by atoms with van der Waals surface area (Å²) in [6.45, 7) is 9.52. The van der Waals surface area contributed by atoms with Crippen LogP contribution in [0.25, 0.3) is 0 Å². The van der Waals surface area contributed by atoms with Crippen molar-refractivity contribution in [1.29, 1.82) is 0 Å². The molecule has 0 bridgehead atoms. The first-order chi connectivity index (χ1) is 13.2. The van der Waals surface area contributed by atoms with Crippen LogP contribution in [-0.2, 0) is 10.2 Å². The summed E-state index contributed by atoms with van der Waals surface area (Å²) in [6.07, 6.45) is 4.47. The molecule has 0 atom stereocenters. The van der Waals surface area contributed by atoms with Crippen LogP contribution < -0.4 is 10.6 Å². The Morgan fingerprint density at radius 2 is 2.04 bits per heavy atom. The monoisotopic (exact) mass is 376 g/mol. The second-order valence-electron chi connectivity index (χ2n) is 7.57. The Morgan fingerprint density at radius 3 is 2.74 bits per heavy atom. The summed E-state index contributed by atoms with van der Waals surface area (Å²) in [5.41, 5.74) is 1.11. The number of rotatable bonds is 9. The maximum absolute atomic E-state index is 13.5. The molecule has 27 heavy (non-hydrogen) atoms. The molecule has 2 N–H and O–H groups in total. The Bertz CT molecular complexity index is 612. The predicted molar refractivity (Wildman–Crippen MR) is 108 cm³/mol. The van der Waals surface area contributed by atoms with E-state index < -0.39 is 0 Å².